The van der Waals surface area contributed by atoms with Gasteiger partial charge in [-0.05, 0) is 200 Å². The van der Waals surface area contributed by atoms with E-state index >= 15 is 0 Å². The standard InChI is InChI=1S/2C32H41Cl3N4O3/c1-22(37-12-2-3-13-37)21-42-30-20-26(34)8-9-27(30)23-10-16-38(17-11-23)31(40)29(36-32(41)39-14-4-5-15-39)18-24-6-7-25(33)19-28(24)35;1-22(21-37-12-2-3-13-37)42-30-20-26(34)8-9-27(30)23-10-16-38(17-11-23)31(40)29(36-32(41)39-14-4-5-15-39)18-24-6-7-25(33)19-28(24)35/h2*6-9,19-20,22-23,29H,2-5,10-18,21H2,1H3,(H,36,41)/t2*22?,29-/m11/s1. The lowest BCUT2D eigenvalue weighted by Crippen LogP contribution is -2.54. The predicted octanol–water partition coefficient (Wildman–Crippen LogP) is 13.3. The van der Waals surface area contributed by atoms with Crippen LogP contribution in [0, 0.1) is 0 Å². The maximum Gasteiger partial charge on any atom is 0.318 e. The van der Waals surface area contributed by atoms with E-state index in [1.807, 2.05) is 46.2 Å². The van der Waals surface area contributed by atoms with Crippen LogP contribution < -0.4 is 20.1 Å². The minimum atomic E-state index is -0.714. The van der Waals surface area contributed by atoms with E-state index in [-0.39, 0.29) is 41.8 Å². The maximum absolute atomic E-state index is 13.9. The number of urea groups is 2. The highest BCUT2D eigenvalue weighted by molar-refractivity contribution is 6.35. The average molecular weight is 1270 g/mol. The number of carbonyl (C=O) groups is 4. The van der Waals surface area contributed by atoms with Gasteiger partial charge < -0.3 is 39.7 Å². The lowest BCUT2D eigenvalue weighted by molar-refractivity contribution is -0.135. The maximum atomic E-state index is 13.9. The number of halogens is 6. The van der Waals surface area contributed by atoms with Gasteiger partial charge in [-0.3, -0.25) is 19.4 Å². The second-order valence-electron chi connectivity index (χ2n) is 23.7. The van der Waals surface area contributed by atoms with E-state index in [0.717, 1.165) is 118 Å². The molecule has 20 heteroatoms. The fourth-order valence-electron chi connectivity index (χ4n) is 12.8. The smallest absolute Gasteiger partial charge is 0.318 e. The Kier molecular flexibility index (Phi) is 23.7. The van der Waals surface area contributed by atoms with Gasteiger partial charge in [-0.15, -0.1) is 0 Å². The minimum absolute atomic E-state index is 0.0571. The lowest BCUT2D eigenvalue weighted by atomic mass is 9.88. The number of carbonyl (C=O) groups excluding carboxylic acids is 4. The van der Waals surface area contributed by atoms with Crippen molar-refractivity contribution in [2.45, 2.75) is 140 Å². The van der Waals surface area contributed by atoms with Crippen LogP contribution in [0.1, 0.15) is 125 Å². The molecular weight excluding hydrogens is 1190 g/mol. The van der Waals surface area contributed by atoms with Crippen LogP contribution in [0.4, 0.5) is 9.59 Å². The molecule has 456 valence electrons. The summed E-state index contributed by atoms with van der Waals surface area (Å²) >= 11 is 37.9. The molecule has 2 unspecified atom stereocenters. The molecule has 6 saturated heterocycles. The van der Waals surface area contributed by atoms with Crippen LogP contribution >= 0.6 is 69.6 Å². The third-order valence-electron chi connectivity index (χ3n) is 17.6. The normalized spacial score (nSPS) is 19.6. The van der Waals surface area contributed by atoms with Crippen molar-refractivity contribution < 1.29 is 28.7 Å². The molecule has 6 amide bonds. The summed E-state index contributed by atoms with van der Waals surface area (Å²) < 4.78 is 12.8. The van der Waals surface area contributed by atoms with Crippen molar-refractivity contribution in [3.63, 3.8) is 0 Å². The van der Waals surface area contributed by atoms with Crippen molar-refractivity contribution in [1.82, 2.24) is 40.0 Å². The zero-order valence-electron chi connectivity index (χ0n) is 48.6. The van der Waals surface area contributed by atoms with Crippen LogP contribution in [0.2, 0.25) is 30.1 Å². The van der Waals surface area contributed by atoms with Gasteiger partial charge in [0.25, 0.3) is 0 Å². The number of piperidine rings is 2. The molecule has 6 fully saturated rings. The molecule has 10 rings (SSSR count). The molecule has 0 spiro atoms. The van der Waals surface area contributed by atoms with Gasteiger partial charge in [0.15, 0.2) is 0 Å². The average Bonchev–Trinajstić information content (AvgIpc) is 4.48. The van der Waals surface area contributed by atoms with E-state index in [1.165, 1.54) is 25.7 Å². The summed E-state index contributed by atoms with van der Waals surface area (Å²) in [6.45, 7) is 15.6. The molecule has 0 saturated carbocycles. The third-order valence-corrected chi connectivity index (χ3v) is 19.2. The van der Waals surface area contributed by atoms with Gasteiger partial charge in [-0.25, -0.2) is 9.59 Å². The van der Waals surface area contributed by atoms with E-state index in [2.05, 4.69) is 46.4 Å². The largest absolute Gasteiger partial charge is 0.492 e. The highest BCUT2D eigenvalue weighted by Gasteiger charge is 2.35. The van der Waals surface area contributed by atoms with Crippen molar-refractivity contribution in [2.75, 3.05) is 91.7 Å². The van der Waals surface area contributed by atoms with Gasteiger partial charge in [0.2, 0.25) is 11.8 Å². The summed E-state index contributed by atoms with van der Waals surface area (Å²) in [7, 11) is 0. The van der Waals surface area contributed by atoms with Crippen LogP contribution in [-0.2, 0) is 22.4 Å². The molecule has 6 aliphatic rings. The van der Waals surface area contributed by atoms with E-state index in [1.54, 1.807) is 34.1 Å². The molecule has 14 nitrogen and oxygen atoms in total. The zero-order chi connectivity index (χ0) is 59.3. The van der Waals surface area contributed by atoms with Crippen molar-refractivity contribution >= 4 is 93.5 Å². The molecule has 4 atom stereocenters. The van der Waals surface area contributed by atoms with Crippen LogP contribution in [0.3, 0.4) is 0 Å². The molecule has 84 heavy (non-hydrogen) atoms. The molecule has 2 N–H and O–H groups in total. The number of benzene rings is 4. The monoisotopic (exact) mass is 1270 g/mol. The lowest BCUT2D eigenvalue weighted by Gasteiger charge is -2.36. The third kappa shape index (κ3) is 17.7. The molecule has 6 aliphatic heterocycles. The Hall–Kier alpha value is -4.38. The van der Waals surface area contributed by atoms with E-state index < -0.39 is 12.1 Å². The summed E-state index contributed by atoms with van der Waals surface area (Å²) in [4.78, 5) is 66.0. The second kappa shape index (κ2) is 31.0. The Balaban J connectivity index is 0.000000202. The number of nitrogens with zero attached hydrogens (tertiary/aromatic N) is 6. The molecule has 4 aromatic carbocycles. The van der Waals surface area contributed by atoms with Crippen molar-refractivity contribution in [1.29, 1.82) is 0 Å². The molecule has 0 radical (unpaired) electrons. The Morgan fingerprint density at radius 1 is 0.488 bits per heavy atom. The number of likely N-dealkylation sites (tertiary alicyclic amines) is 6. The first kappa shape index (κ1) is 64.1. The topological polar surface area (TPSA) is 130 Å². The van der Waals surface area contributed by atoms with E-state index in [9.17, 15) is 19.2 Å². The van der Waals surface area contributed by atoms with Crippen LogP contribution in [0.15, 0.2) is 72.8 Å². The van der Waals surface area contributed by atoms with E-state index in [0.29, 0.717) is 108 Å². The molecule has 6 heterocycles. The van der Waals surface area contributed by atoms with E-state index in [4.69, 9.17) is 79.1 Å². The predicted molar refractivity (Wildman–Crippen MR) is 338 cm³/mol. The SMILES string of the molecule is CC(CN1CCCC1)Oc1cc(Cl)ccc1C1CCN(C(=O)[C@@H](Cc2ccc(Cl)cc2Cl)NC(=O)N2CCCC2)CC1.CC(COc1cc(Cl)ccc1C1CCN(C(=O)[C@@H](Cc2ccc(Cl)cc2Cl)NC(=O)N2CCCC2)CC1)N1CCCC1. The van der Waals surface area contributed by atoms with Crippen LogP contribution in [0.25, 0.3) is 0 Å². The van der Waals surface area contributed by atoms with Crippen molar-refractivity contribution in [2.24, 2.45) is 0 Å². The second-order valence-corrected chi connectivity index (χ2v) is 26.2. The molecular formula is C64H82Cl6N8O6. The molecule has 0 aliphatic carbocycles. The van der Waals surface area contributed by atoms with Crippen LogP contribution in [-0.4, -0.2) is 169 Å². The number of amides is 6. The Morgan fingerprint density at radius 2 is 0.881 bits per heavy atom. The molecule has 4 aromatic rings. The quantitative estimate of drug-likeness (QED) is 0.101. The number of rotatable bonds is 18. The van der Waals surface area contributed by atoms with Crippen LogP contribution in [0.5, 0.6) is 11.5 Å². The number of ether oxygens (including phenoxy) is 2. The highest BCUT2D eigenvalue weighted by Crippen LogP contribution is 2.39. The van der Waals surface area contributed by atoms with Gasteiger partial charge in [0.05, 0.1) is 0 Å². The molecule has 0 aromatic heterocycles. The van der Waals surface area contributed by atoms with Gasteiger partial charge in [0.1, 0.15) is 36.3 Å². The summed E-state index contributed by atoms with van der Waals surface area (Å²) in [6.07, 6.45) is 12.8. The zero-order valence-corrected chi connectivity index (χ0v) is 53.1. The number of hydrogen-bond donors (Lipinski definition) is 2. The number of nitrogens with one attached hydrogen (secondary N) is 2. The van der Waals surface area contributed by atoms with Gasteiger partial charge in [-0.1, -0.05) is 93.9 Å². The molecule has 0 bridgehead atoms. The highest BCUT2D eigenvalue weighted by atomic mass is 35.5. The van der Waals surface area contributed by atoms with Gasteiger partial charge in [-0.2, -0.15) is 0 Å². The first-order valence-electron chi connectivity index (χ1n) is 30.5. The minimum Gasteiger partial charge on any atom is -0.492 e. The summed E-state index contributed by atoms with van der Waals surface area (Å²) in [5.41, 5.74) is 3.85. The van der Waals surface area contributed by atoms with Crippen molar-refractivity contribution in [3.8, 4) is 11.5 Å². The number of hydrogen-bond acceptors (Lipinski definition) is 8. The van der Waals surface area contributed by atoms with Crippen molar-refractivity contribution in [3.05, 3.63) is 125 Å². The first-order valence-corrected chi connectivity index (χ1v) is 32.7. The Labute approximate surface area is 527 Å². The Morgan fingerprint density at radius 3 is 1.33 bits per heavy atom. The Bertz CT molecular complexity index is 2870. The first-order chi connectivity index (χ1) is 40.5. The van der Waals surface area contributed by atoms with Gasteiger partial charge >= 0.3 is 12.1 Å². The van der Waals surface area contributed by atoms with Gasteiger partial charge in [0, 0.05) is 108 Å². The summed E-state index contributed by atoms with van der Waals surface area (Å²) in [5.74, 6) is 2.02. The fraction of sp³-hybridized carbons (Fsp3) is 0.562. The summed E-state index contributed by atoms with van der Waals surface area (Å²) in [5, 5.41) is 9.41. The fourth-order valence-corrected chi connectivity index (χ4v) is 14.1. The summed E-state index contributed by atoms with van der Waals surface area (Å²) in [6, 6.07) is 20.9.